The third-order valence-electron chi connectivity index (χ3n) is 6.46. The maximum absolute atomic E-state index is 13.9. The van der Waals surface area contributed by atoms with Gasteiger partial charge in [0.1, 0.15) is 24.7 Å². The van der Waals surface area contributed by atoms with Crippen molar-refractivity contribution < 1.29 is 27.1 Å². The van der Waals surface area contributed by atoms with E-state index in [1.54, 1.807) is 18.3 Å². The van der Waals surface area contributed by atoms with Crippen LogP contribution in [0.4, 0.5) is 17.6 Å². The predicted octanol–water partition coefficient (Wildman–Crippen LogP) is 4.70. The number of hydrogen-bond acceptors (Lipinski definition) is 4. The molecule has 2 aromatic rings. The van der Waals surface area contributed by atoms with Crippen LogP contribution in [0.2, 0.25) is 0 Å². The molecule has 5 nitrogen and oxygen atoms in total. The molecule has 178 valence electrons. The fourth-order valence-corrected chi connectivity index (χ4v) is 4.60. The van der Waals surface area contributed by atoms with Crippen molar-refractivity contribution in [1.82, 2.24) is 14.8 Å². The first-order valence-corrected chi connectivity index (χ1v) is 10.9. The van der Waals surface area contributed by atoms with Crippen LogP contribution < -0.4 is 0 Å². The lowest BCUT2D eigenvalue weighted by Crippen LogP contribution is -2.51. The number of ether oxygens (including phenoxy) is 1. The number of amides is 1. The van der Waals surface area contributed by atoms with Crippen LogP contribution in [-0.2, 0) is 9.53 Å². The molecule has 1 unspecified atom stereocenters. The lowest BCUT2D eigenvalue weighted by Gasteiger charge is -2.38. The number of benzene rings is 1. The highest BCUT2D eigenvalue weighted by molar-refractivity contribution is 5.80. The van der Waals surface area contributed by atoms with Crippen molar-refractivity contribution in [2.75, 3.05) is 19.8 Å². The van der Waals surface area contributed by atoms with Gasteiger partial charge < -0.3 is 9.64 Å². The third-order valence-corrected chi connectivity index (χ3v) is 6.46. The molecule has 1 aromatic heterocycles. The van der Waals surface area contributed by atoms with E-state index in [0.29, 0.717) is 18.7 Å². The zero-order valence-electron chi connectivity index (χ0n) is 18.7. The molecule has 0 radical (unpaired) electrons. The molecule has 1 amide bonds. The minimum atomic E-state index is -3.24. The van der Waals surface area contributed by atoms with Crippen LogP contribution >= 0.6 is 0 Å². The minimum absolute atomic E-state index is 0.0350. The molecule has 4 rings (SSSR count). The van der Waals surface area contributed by atoms with Crippen molar-refractivity contribution in [3.8, 4) is 11.1 Å². The zero-order valence-corrected chi connectivity index (χ0v) is 18.7. The Hall–Kier alpha value is -2.52. The molecule has 3 atom stereocenters. The van der Waals surface area contributed by atoms with Gasteiger partial charge in [0.25, 0.3) is 5.91 Å². The molecule has 1 aromatic carbocycles. The van der Waals surface area contributed by atoms with Crippen molar-refractivity contribution >= 4 is 5.91 Å². The van der Waals surface area contributed by atoms with E-state index in [9.17, 15) is 22.4 Å². The molecule has 2 aliphatic heterocycles. The van der Waals surface area contributed by atoms with Gasteiger partial charge >= 0.3 is 6.43 Å². The Labute approximate surface area is 190 Å². The highest BCUT2D eigenvalue weighted by atomic mass is 19.3. The van der Waals surface area contributed by atoms with Crippen molar-refractivity contribution in [2.45, 2.75) is 57.3 Å². The smallest absolute Gasteiger partial charge is 0.315 e. The van der Waals surface area contributed by atoms with E-state index in [4.69, 9.17) is 4.74 Å². The van der Waals surface area contributed by atoms with Crippen molar-refractivity contribution in [1.29, 1.82) is 0 Å². The Morgan fingerprint density at radius 3 is 2.30 bits per heavy atom. The van der Waals surface area contributed by atoms with Crippen LogP contribution in [0.3, 0.4) is 0 Å². The maximum Gasteiger partial charge on any atom is 0.315 e. The molecule has 2 fully saturated rings. The molecular formula is C24H27F4N3O2. The van der Waals surface area contributed by atoms with E-state index in [1.807, 2.05) is 36.1 Å². The van der Waals surface area contributed by atoms with Gasteiger partial charge in [0, 0.05) is 30.9 Å². The summed E-state index contributed by atoms with van der Waals surface area (Å²) >= 11 is 0. The Kier molecular flexibility index (Phi) is 6.46. The topological polar surface area (TPSA) is 45.7 Å². The summed E-state index contributed by atoms with van der Waals surface area (Å²) in [5.41, 5.74) is 1.83. The summed E-state index contributed by atoms with van der Waals surface area (Å²) in [6, 6.07) is 9.87. The molecule has 0 bridgehead atoms. The number of halogens is 4. The lowest BCUT2D eigenvalue weighted by atomic mass is 9.98. The lowest BCUT2D eigenvalue weighted by molar-refractivity contribution is -0.159. The summed E-state index contributed by atoms with van der Waals surface area (Å²) in [5, 5.41) is 0. The van der Waals surface area contributed by atoms with Gasteiger partial charge in [-0.15, -0.1) is 0 Å². The maximum atomic E-state index is 13.9. The van der Waals surface area contributed by atoms with Gasteiger partial charge in [0.2, 0.25) is 0 Å². The summed E-state index contributed by atoms with van der Waals surface area (Å²) in [6.07, 6.45) is -3.12. The summed E-state index contributed by atoms with van der Waals surface area (Å²) < 4.78 is 59.0. The van der Waals surface area contributed by atoms with Crippen LogP contribution in [0.5, 0.6) is 0 Å². The van der Waals surface area contributed by atoms with Crippen LogP contribution in [0.1, 0.15) is 44.2 Å². The molecule has 2 aliphatic rings. The number of pyridine rings is 1. The molecule has 3 heterocycles. The average molecular weight is 465 g/mol. The number of rotatable bonds is 6. The molecule has 0 N–H and O–H groups in total. The highest BCUT2D eigenvalue weighted by Crippen LogP contribution is 2.42. The number of carbonyl (C=O) groups excluding carboxylic acids is 1. The first kappa shape index (κ1) is 23.6. The number of hydrogen-bond donors (Lipinski definition) is 0. The molecule has 0 saturated carbocycles. The van der Waals surface area contributed by atoms with Gasteiger partial charge in [0.15, 0.2) is 0 Å². The van der Waals surface area contributed by atoms with Crippen molar-refractivity contribution in [3.05, 3.63) is 53.9 Å². The summed E-state index contributed by atoms with van der Waals surface area (Å²) in [5.74, 6) is -1.44. The second-order valence-corrected chi connectivity index (χ2v) is 9.04. The summed E-state index contributed by atoms with van der Waals surface area (Å²) in [4.78, 5) is 19.4. The van der Waals surface area contributed by atoms with Crippen LogP contribution in [0.15, 0.2) is 42.6 Å². The van der Waals surface area contributed by atoms with Crippen molar-refractivity contribution in [2.24, 2.45) is 0 Å². The fourth-order valence-electron chi connectivity index (χ4n) is 4.60. The van der Waals surface area contributed by atoms with Crippen LogP contribution in [0.25, 0.3) is 11.1 Å². The van der Waals surface area contributed by atoms with E-state index in [1.165, 1.54) is 13.8 Å². The second kappa shape index (κ2) is 9.02. The van der Waals surface area contributed by atoms with E-state index in [0.717, 1.165) is 21.7 Å². The van der Waals surface area contributed by atoms with E-state index >= 15 is 0 Å². The summed E-state index contributed by atoms with van der Waals surface area (Å²) in [6.45, 7) is 4.80. The van der Waals surface area contributed by atoms with Gasteiger partial charge in [0.05, 0.1) is 11.7 Å². The molecule has 0 aliphatic carbocycles. The zero-order chi connectivity index (χ0) is 23.9. The number of nitrogens with zero attached hydrogens (tertiary/aromatic N) is 3. The van der Waals surface area contributed by atoms with Crippen molar-refractivity contribution in [3.63, 3.8) is 0 Å². The van der Waals surface area contributed by atoms with Gasteiger partial charge in [-0.1, -0.05) is 30.3 Å². The number of alkyl halides is 4. The first-order chi connectivity index (χ1) is 15.6. The Morgan fingerprint density at radius 1 is 1.15 bits per heavy atom. The largest absolute Gasteiger partial charge is 0.346 e. The fraction of sp³-hybridized carbons (Fsp3) is 0.500. The molecular weight excluding hydrogens is 438 g/mol. The molecule has 2 saturated heterocycles. The third kappa shape index (κ3) is 4.48. The van der Waals surface area contributed by atoms with Crippen LogP contribution in [0, 0.1) is 0 Å². The second-order valence-electron chi connectivity index (χ2n) is 9.04. The molecule has 0 spiro atoms. The Balaban J connectivity index is 1.50. The van der Waals surface area contributed by atoms with Gasteiger partial charge in [-0.3, -0.25) is 14.7 Å². The SMILES string of the molecule is CC(c1ccc(-c2ccc([C@H]3OC(C)(C)N(C(=O)C(F)F)[C@H]3CF)cc2)cn1)N1CC(F)C1. The van der Waals surface area contributed by atoms with Gasteiger partial charge in [-0.25, -0.2) is 8.78 Å². The monoisotopic (exact) mass is 465 g/mol. The first-order valence-electron chi connectivity index (χ1n) is 10.9. The molecule has 9 heteroatoms. The number of likely N-dealkylation sites (tertiary alicyclic amines) is 1. The van der Waals surface area contributed by atoms with E-state index < -0.39 is 43.0 Å². The van der Waals surface area contributed by atoms with Gasteiger partial charge in [-0.05, 0) is 38.0 Å². The average Bonchev–Trinajstić information content (AvgIpc) is 3.06. The Bertz CT molecular complexity index is 978. The van der Waals surface area contributed by atoms with Crippen LogP contribution in [-0.4, -0.2) is 64.8 Å². The van der Waals surface area contributed by atoms with Gasteiger partial charge in [-0.2, -0.15) is 8.78 Å². The normalized spacial score (nSPS) is 24.2. The molecule has 33 heavy (non-hydrogen) atoms. The van der Waals surface area contributed by atoms with E-state index in [-0.39, 0.29) is 6.04 Å². The quantitative estimate of drug-likeness (QED) is 0.580. The Morgan fingerprint density at radius 2 is 1.79 bits per heavy atom. The highest BCUT2D eigenvalue weighted by Gasteiger charge is 2.52. The number of aromatic nitrogens is 1. The summed E-state index contributed by atoms with van der Waals surface area (Å²) in [7, 11) is 0. The number of carbonyl (C=O) groups is 1. The predicted molar refractivity (Wildman–Crippen MR) is 115 cm³/mol. The minimum Gasteiger partial charge on any atom is -0.346 e. The standard InChI is InChI=1S/C24H27F4N3O2/c1-14(30-12-18(26)13-30)19-9-8-17(11-29-19)15-4-6-16(7-5-15)21-20(10-25)31(23(32)22(27)28)24(2,3)33-21/h4-9,11,14,18,20-22H,10,12-13H2,1-3H3/t14?,20-,21+/m0/s1. The van der Waals surface area contributed by atoms with E-state index in [2.05, 4.69) is 4.98 Å².